The molecule has 0 radical (unpaired) electrons. The van der Waals surface area contributed by atoms with Gasteiger partial charge in [-0.3, -0.25) is 0 Å². The zero-order valence-electron chi connectivity index (χ0n) is 22.5. The van der Waals surface area contributed by atoms with Crippen molar-refractivity contribution in [1.82, 2.24) is 24.3 Å². The Morgan fingerprint density at radius 3 is 2.46 bits per heavy atom. The van der Waals surface area contributed by atoms with Gasteiger partial charge < -0.3 is 20.4 Å². The lowest BCUT2D eigenvalue weighted by Gasteiger charge is -2.35. The summed E-state index contributed by atoms with van der Waals surface area (Å²) in [6.45, 7) is 8.44. The van der Waals surface area contributed by atoms with Crippen LogP contribution in [0.5, 0.6) is 0 Å². The Bertz CT molecular complexity index is 1440. The second kappa shape index (κ2) is 11.6. The lowest BCUT2D eigenvalue weighted by Crippen LogP contribution is -2.44. The molecular weight excluding hydrogens is 536 g/mol. The minimum absolute atomic E-state index is 0.0678. The van der Waals surface area contributed by atoms with Gasteiger partial charge in [-0.15, -0.1) is 0 Å². The Morgan fingerprint density at radius 2 is 1.77 bits per heavy atom. The summed E-state index contributed by atoms with van der Waals surface area (Å²) < 4.78 is 29.4. The summed E-state index contributed by atoms with van der Waals surface area (Å²) in [5, 5.41) is 6.97. The number of aryl methyl sites for hydroxylation is 2. The quantitative estimate of drug-likeness (QED) is 0.288. The van der Waals surface area contributed by atoms with Crippen molar-refractivity contribution >= 4 is 50.6 Å². The highest BCUT2D eigenvalue weighted by molar-refractivity contribution is 7.87. The van der Waals surface area contributed by atoms with Crippen LogP contribution in [0.15, 0.2) is 42.6 Å². The Hall–Kier alpha value is -2.96. The lowest BCUT2D eigenvalue weighted by atomic mass is 10.1. The van der Waals surface area contributed by atoms with Crippen LogP contribution in [0.1, 0.15) is 29.5 Å². The standard InChI is InChI=1S/C27H35ClN8O2S/c1-18-14-20(16-30-39(37,38)34-21-5-6-21)4-8-24(18)32-26-23(28)17-29-27(33-26)31-22-7-9-25(19(2)15-22)36-12-10-35(3)11-13-36/h4,7-9,14-15,17,21,30,34H,5-6,10-13,16H2,1-3H3,(H2,29,31,32,33). The Balaban J connectivity index is 1.23. The molecular formula is C27H35ClN8O2S. The normalized spacial score (nSPS) is 16.4. The van der Waals surface area contributed by atoms with E-state index in [0.717, 1.165) is 61.5 Å². The highest BCUT2D eigenvalue weighted by Gasteiger charge is 2.26. The maximum absolute atomic E-state index is 12.1. The summed E-state index contributed by atoms with van der Waals surface area (Å²) in [4.78, 5) is 13.7. The first-order valence-corrected chi connectivity index (χ1v) is 15.0. The number of nitrogens with zero attached hydrogens (tertiary/aromatic N) is 4. The van der Waals surface area contributed by atoms with Crippen LogP contribution in [-0.4, -0.2) is 62.6 Å². The number of halogens is 1. The third-order valence-corrected chi connectivity index (χ3v) is 8.39. The summed E-state index contributed by atoms with van der Waals surface area (Å²) in [6.07, 6.45) is 3.36. The summed E-state index contributed by atoms with van der Waals surface area (Å²) in [5.74, 6) is 0.908. The van der Waals surface area contributed by atoms with Crippen molar-refractivity contribution < 1.29 is 8.42 Å². The molecule has 12 heteroatoms. The molecule has 2 fully saturated rings. The number of hydrogen-bond donors (Lipinski definition) is 4. The summed E-state index contributed by atoms with van der Waals surface area (Å²) in [7, 11) is -1.34. The minimum Gasteiger partial charge on any atom is -0.369 e. The highest BCUT2D eigenvalue weighted by Crippen LogP contribution is 2.29. The monoisotopic (exact) mass is 570 g/mol. The number of rotatable bonds is 10. The molecule has 1 aliphatic heterocycles. The number of likely N-dealkylation sites (N-methyl/N-ethyl adjacent to an activating group) is 1. The van der Waals surface area contributed by atoms with Crippen LogP contribution in [0.3, 0.4) is 0 Å². The van der Waals surface area contributed by atoms with Gasteiger partial charge in [0.05, 0.1) is 6.20 Å². The van der Waals surface area contributed by atoms with Gasteiger partial charge >= 0.3 is 0 Å². The van der Waals surface area contributed by atoms with Gasteiger partial charge in [0.2, 0.25) is 5.95 Å². The van der Waals surface area contributed by atoms with Gasteiger partial charge in [0.15, 0.2) is 5.82 Å². The molecule has 1 saturated carbocycles. The fraction of sp³-hybridized carbons (Fsp3) is 0.407. The molecule has 2 heterocycles. The van der Waals surface area contributed by atoms with Crippen LogP contribution in [0.2, 0.25) is 5.02 Å². The van der Waals surface area contributed by atoms with E-state index in [1.165, 1.54) is 11.3 Å². The average molecular weight is 571 g/mol. The molecule has 10 nitrogen and oxygen atoms in total. The number of nitrogens with one attached hydrogen (secondary N) is 4. The van der Waals surface area contributed by atoms with E-state index in [1.807, 2.05) is 31.2 Å². The van der Waals surface area contributed by atoms with Gasteiger partial charge in [0.25, 0.3) is 10.2 Å². The zero-order chi connectivity index (χ0) is 27.6. The molecule has 2 aromatic carbocycles. The molecule has 1 aliphatic carbocycles. The van der Waals surface area contributed by atoms with E-state index in [2.05, 4.69) is 65.9 Å². The number of hydrogen-bond acceptors (Lipinski definition) is 8. The molecule has 0 unspecified atom stereocenters. The highest BCUT2D eigenvalue weighted by atomic mass is 35.5. The van der Waals surface area contributed by atoms with Gasteiger partial charge in [0.1, 0.15) is 5.02 Å². The van der Waals surface area contributed by atoms with E-state index in [0.29, 0.717) is 16.8 Å². The molecule has 4 N–H and O–H groups in total. The second-order valence-corrected chi connectivity index (χ2v) is 12.2. The van der Waals surface area contributed by atoms with Crippen LogP contribution >= 0.6 is 11.6 Å². The van der Waals surface area contributed by atoms with Crippen molar-refractivity contribution in [1.29, 1.82) is 0 Å². The smallest absolute Gasteiger partial charge is 0.277 e. The average Bonchev–Trinajstić information content (AvgIpc) is 3.70. The first-order valence-electron chi connectivity index (χ1n) is 13.1. The number of piperazine rings is 1. The van der Waals surface area contributed by atoms with E-state index in [9.17, 15) is 8.42 Å². The van der Waals surface area contributed by atoms with Crippen molar-refractivity contribution in [3.63, 3.8) is 0 Å². The predicted octanol–water partition coefficient (Wildman–Crippen LogP) is 4.07. The van der Waals surface area contributed by atoms with Crippen LogP contribution in [0, 0.1) is 13.8 Å². The van der Waals surface area contributed by atoms with Crippen LogP contribution in [0.4, 0.5) is 28.8 Å². The molecule has 1 aromatic heterocycles. The molecule has 0 amide bonds. The van der Waals surface area contributed by atoms with Crippen molar-refractivity contribution in [2.45, 2.75) is 39.3 Å². The van der Waals surface area contributed by atoms with Gasteiger partial charge in [-0.05, 0) is 74.7 Å². The lowest BCUT2D eigenvalue weighted by molar-refractivity contribution is 0.312. The van der Waals surface area contributed by atoms with Crippen molar-refractivity contribution in [3.05, 3.63) is 64.3 Å². The van der Waals surface area contributed by atoms with Gasteiger partial charge in [-0.25, -0.2) is 4.98 Å². The van der Waals surface area contributed by atoms with Crippen molar-refractivity contribution in [2.24, 2.45) is 0 Å². The first kappa shape index (κ1) is 27.6. The molecule has 1 saturated heterocycles. The largest absolute Gasteiger partial charge is 0.369 e. The maximum Gasteiger partial charge on any atom is 0.277 e. The zero-order valence-corrected chi connectivity index (χ0v) is 24.0. The van der Waals surface area contributed by atoms with E-state index >= 15 is 0 Å². The van der Waals surface area contributed by atoms with Crippen molar-refractivity contribution in [3.8, 4) is 0 Å². The molecule has 2 aliphatic rings. The molecule has 208 valence electrons. The second-order valence-electron chi connectivity index (χ2n) is 10.3. The summed E-state index contributed by atoms with van der Waals surface area (Å²) in [5.41, 5.74) is 5.94. The maximum atomic E-state index is 12.1. The molecule has 3 aromatic rings. The molecule has 0 bridgehead atoms. The Morgan fingerprint density at radius 1 is 1.00 bits per heavy atom. The van der Waals surface area contributed by atoms with E-state index in [4.69, 9.17) is 11.6 Å². The summed E-state index contributed by atoms with van der Waals surface area (Å²) in [6, 6.07) is 12.1. The number of anilines is 5. The molecule has 0 spiro atoms. The van der Waals surface area contributed by atoms with Crippen LogP contribution in [0.25, 0.3) is 0 Å². The van der Waals surface area contributed by atoms with Crippen LogP contribution < -0.4 is 25.0 Å². The van der Waals surface area contributed by atoms with Gasteiger partial charge in [0, 0.05) is 55.8 Å². The third kappa shape index (κ3) is 7.37. The van der Waals surface area contributed by atoms with E-state index in [1.54, 1.807) is 6.20 Å². The number of aromatic nitrogens is 2. The minimum atomic E-state index is -3.50. The Labute approximate surface area is 235 Å². The van der Waals surface area contributed by atoms with Gasteiger partial charge in [-0.2, -0.15) is 22.8 Å². The van der Waals surface area contributed by atoms with Gasteiger partial charge in [-0.1, -0.05) is 23.7 Å². The third-order valence-electron chi connectivity index (χ3n) is 6.95. The fourth-order valence-corrected chi connectivity index (χ4v) is 5.78. The fourth-order valence-electron chi connectivity index (χ4n) is 4.52. The Kier molecular flexibility index (Phi) is 8.24. The first-order chi connectivity index (χ1) is 18.6. The SMILES string of the molecule is Cc1cc(CNS(=O)(=O)NC2CC2)ccc1Nc1nc(Nc2ccc(N3CCN(C)CC3)c(C)c2)ncc1Cl. The summed E-state index contributed by atoms with van der Waals surface area (Å²) >= 11 is 6.41. The van der Waals surface area contributed by atoms with E-state index in [-0.39, 0.29) is 12.6 Å². The van der Waals surface area contributed by atoms with Crippen LogP contribution in [-0.2, 0) is 16.8 Å². The molecule has 0 atom stereocenters. The predicted molar refractivity (Wildman–Crippen MR) is 158 cm³/mol. The molecule has 39 heavy (non-hydrogen) atoms. The van der Waals surface area contributed by atoms with E-state index < -0.39 is 10.2 Å². The van der Waals surface area contributed by atoms with Crippen molar-refractivity contribution in [2.75, 3.05) is 48.8 Å². The molecule has 5 rings (SSSR count). The number of benzene rings is 2. The topological polar surface area (TPSA) is 115 Å².